The lowest BCUT2D eigenvalue weighted by atomic mass is 10.2. The van der Waals surface area contributed by atoms with E-state index in [4.69, 9.17) is 10.00 Å². The van der Waals surface area contributed by atoms with Crippen molar-refractivity contribution < 1.29 is 4.74 Å². The number of benzene rings is 2. The zero-order valence-corrected chi connectivity index (χ0v) is 9.97. The monoisotopic (exact) mass is 238 g/mol. The number of hydrogen-bond donors (Lipinski definition) is 1. The molecule has 0 radical (unpaired) electrons. The lowest BCUT2D eigenvalue weighted by molar-refractivity contribution is 0.322. The third kappa shape index (κ3) is 3.53. The fraction of sp³-hybridized carbons (Fsp3) is 0.133. The third-order valence-electron chi connectivity index (χ3n) is 2.56. The minimum absolute atomic E-state index is 0.648. The molecule has 0 saturated carbocycles. The smallest absolute Gasteiger partial charge is 0.181 e. The van der Waals surface area contributed by atoms with Gasteiger partial charge in [0.2, 0.25) is 0 Å². The molecule has 0 aliphatic carbocycles. The molecule has 0 aliphatic rings. The molecule has 3 nitrogen and oxygen atoms in total. The van der Waals surface area contributed by atoms with Gasteiger partial charge in [-0.1, -0.05) is 30.3 Å². The minimum atomic E-state index is 0.648. The molecule has 0 bridgehead atoms. The van der Waals surface area contributed by atoms with Gasteiger partial charge in [-0.05, 0) is 29.8 Å². The Hall–Kier alpha value is -2.47. The van der Waals surface area contributed by atoms with E-state index in [1.807, 2.05) is 48.7 Å². The van der Waals surface area contributed by atoms with Gasteiger partial charge in [0.05, 0.1) is 6.61 Å². The van der Waals surface area contributed by atoms with Crippen LogP contribution in [0.3, 0.4) is 0 Å². The quantitative estimate of drug-likeness (QED) is 0.642. The van der Waals surface area contributed by atoms with Gasteiger partial charge >= 0.3 is 0 Å². The Bertz CT molecular complexity index is 514. The Balaban J connectivity index is 1.82. The van der Waals surface area contributed by atoms with Crippen molar-refractivity contribution in [2.24, 2.45) is 0 Å². The molecule has 2 aromatic carbocycles. The highest BCUT2D eigenvalue weighted by molar-refractivity contribution is 5.48. The highest BCUT2D eigenvalue weighted by Gasteiger charge is 1.96. The Kier molecular flexibility index (Phi) is 4.21. The van der Waals surface area contributed by atoms with E-state index in [-0.39, 0.29) is 0 Å². The topological polar surface area (TPSA) is 45.0 Å². The van der Waals surface area contributed by atoms with Gasteiger partial charge in [-0.3, -0.25) is 5.32 Å². The zero-order valence-electron chi connectivity index (χ0n) is 9.97. The number of nitrogens with one attached hydrogen (secondary N) is 1. The van der Waals surface area contributed by atoms with Crippen LogP contribution < -0.4 is 10.1 Å². The molecule has 0 heterocycles. The molecule has 0 aliphatic heterocycles. The molecule has 0 unspecified atom stereocenters. The summed E-state index contributed by atoms with van der Waals surface area (Å²) in [4.78, 5) is 0. The van der Waals surface area contributed by atoms with Crippen LogP contribution in [0.4, 0.5) is 5.69 Å². The number of ether oxygens (including phenoxy) is 1. The SMILES string of the molecule is N#CNc1ccc(OCCc2ccccc2)cc1. The van der Waals surface area contributed by atoms with Crippen LogP contribution >= 0.6 is 0 Å². The van der Waals surface area contributed by atoms with Gasteiger partial charge in [-0.25, -0.2) is 0 Å². The van der Waals surface area contributed by atoms with Gasteiger partial charge in [0.1, 0.15) is 5.75 Å². The normalized spacial score (nSPS) is 9.50. The minimum Gasteiger partial charge on any atom is -0.493 e. The van der Waals surface area contributed by atoms with Gasteiger partial charge in [0.25, 0.3) is 0 Å². The first-order valence-electron chi connectivity index (χ1n) is 5.80. The van der Waals surface area contributed by atoms with Gasteiger partial charge < -0.3 is 4.74 Å². The third-order valence-corrected chi connectivity index (χ3v) is 2.56. The standard InChI is InChI=1S/C15H14N2O/c16-12-17-14-6-8-15(9-7-14)18-11-10-13-4-2-1-3-5-13/h1-9,17H,10-11H2. The molecule has 0 fully saturated rings. The van der Waals surface area contributed by atoms with Crippen LogP contribution in [0.2, 0.25) is 0 Å². The van der Waals surface area contributed by atoms with Crippen molar-refractivity contribution in [3.8, 4) is 11.9 Å². The van der Waals surface area contributed by atoms with Crippen molar-refractivity contribution >= 4 is 5.69 Å². The average molecular weight is 238 g/mol. The van der Waals surface area contributed by atoms with E-state index in [9.17, 15) is 0 Å². The molecule has 2 rings (SSSR count). The molecule has 0 saturated heterocycles. The second-order valence-corrected chi connectivity index (χ2v) is 3.85. The number of hydrogen-bond acceptors (Lipinski definition) is 3. The molecule has 0 aromatic heterocycles. The molecule has 90 valence electrons. The van der Waals surface area contributed by atoms with E-state index in [1.54, 1.807) is 0 Å². The Morgan fingerprint density at radius 3 is 2.39 bits per heavy atom. The van der Waals surface area contributed by atoms with Gasteiger partial charge in [0, 0.05) is 12.1 Å². The van der Waals surface area contributed by atoms with Crippen LogP contribution in [0.1, 0.15) is 5.56 Å². The van der Waals surface area contributed by atoms with E-state index >= 15 is 0 Å². The van der Waals surface area contributed by atoms with E-state index in [0.29, 0.717) is 6.61 Å². The average Bonchev–Trinajstić information content (AvgIpc) is 2.42. The Morgan fingerprint density at radius 2 is 1.72 bits per heavy atom. The molecule has 0 spiro atoms. The van der Waals surface area contributed by atoms with Crippen LogP contribution in [0.5, 0.6) is 5.75 Å². The van der Waals surface area contributed by atoms with Gasteiger partial charge in [-0.2, -0.15) is 5.26 Å². The molecule has 18 heavy (non-hydrogen) atoms. The summed E-state index contributed by atoms with van der Waals surface area (Å²) >= 11 is 0. The lowest BCUT2D eigenvalue weighted by Crippen LogP contribution is -2.01. The molecule has 1 N–H and O–H groups in total. The largest absolute Gasteiger partial charge is 0.493 e. The van der Waals surface area contributed by atoms with Gasteiger partial charge in [0.15, 0.2) is 6.19 Å². The number of nitrogens with zero attached hydrogens (tertiary/aromatic N) is 1. The van der Waals surface area contributed by atoms with E-state index in [0.717, 1.165) is 17.9 Å². The fourth-order valence-electron chi connectivity index (χ4n) is 1.63. The van der Waals surface area contributed by atoms with Crippen LogP contribution in [0.25, 0.3) is 0 Å². The number of nitriles is 1. The first-order valence-corrected chi connectivity index (χ1v) is 5.80. The zero-order chi connectivity index (χ0) is 12.6. The van der Waals surface area contributed by atoms with Crippen molar-refractivity contribution in [2.45, 2.75) is 6.42 Å². The summed E-state index contributed by atoms with van der Waals surface area (Å²) in [5.74, 6) is 0.814. The second-order valence-electron chi connectivity index (χ2n) is 3.85. The summed E-state index contributed by atoms with van der Waals surface area (Å²) in [5.41, 5.74) is 2.04. The van der Waals surface area contributed by atoms with Crippen molar-refractivity contribution in [3.63, 3.8) is 0 Å². The van der Waals surface area contributed by atoms with E-state index < -0.39 is 0 Å². The van der Waals surface area contributed by atoms with Crippen molar-refractivity contribution in [2.75, 3.05) is 11.9 Å². The maximum Gasteiger partial charge on any atom is 0.181 e. The number of rotatable bonds is 5. The molecule has 0 amide bonds. The van der Waals surface area contributed by atoms with E-state index in [1.165, 1.54) is 5.56 Å². The predicted molar refractivity (Wildman–Crippen MR) is 71.3 cm³/mol. The van der Waals surface area contributed by atoms with Crippen molar-refractivity contribution in [1.29, 1.82) is 5.26 Å². The molecular formula is C15H14N2O. The fourth-order valence-corrected chi connectivity index (χ4v) is 1.63. The maximum absolute atomic E-state index is 8.46. The maximum atomic E-state index is 8.46. The van der Waals surface area contributed by atoms with Crippen LogP contribution in [0, 0.1) is 11.5 Å². The predicted octanol–water partition coefficient (Wildman–Crippen LogP) is 3.20. The Labute approximate surface area is 107 Å². The Morgan fingerprint density at radius 1 is 1.00 bits per heavy atom. The van der Waals surface area contributed by atoms with Crippen molar-refractivity contribution in [1.82, 2.24) is 0 Å². The highest BCUT2D eigenvalue weighted by Crippen LogP contribution is 2.15. The number of anilines is 1. The summed E-state index contributed by atoms with van der Waals surface area (Å²) in [7, 11) is 0. The summed E-state index contributed by atoms with van der Waals surface area (Å²) in [6.45, 7) is 0.648. The second kappa shape index (κ2) is 6.31. The summed E-state index contributed by atoms with van der Waals surface area (Å²) in [6.07, 6.45) is 2.77. The van der Waals surface area contributed by atoms with E-state index in [2.05, 4.69) is 17.4 Å². The van der Waals surface area contributed by atoms with Crippen LogP contribution in [0.15, 0.2) is 54.6 Å². The first kappa shape index (κ1) is 12.0. The highest BCUT2D eigenvalue weighted by atomic mass is 16.5. The molecule has 2 aromatic rings. The molecule has 3 heteroatoms. The summed E-state index contributed by atoms with van der Waals surface area (Å²) in [6, 6.07) is 17.6. The van der Waals surface area contributed by atoms with Crippen LogP contribution in [-0.2, 0) is 6.42 Å². The lowest BCUT2D eigenvalue weighted by Gasteiger charge is -2.06. The van der Waals surface area contributed by atoms with Crippen LogP contribution in [-0.4, -0.2) is 6.61 Å². The first-order chi connectivity index (χ1) is 8.88. The van der Waals surface area contributed by atoms with Gasteiger partial charge in [-0.15, -0.1) is 0 Å². The summed E-state index contributed by atoms with van der Waals surface area (Å²) in [5, 5.41) is 11.0. The van der Waals surface area contributed by atoms with Crippen molar-refractivity contribution in [3.05, 3.63) is 60.2 Å². The summed E-state index contributed by atoms with van der Waals surface area (Å²) < 4.78 is 5.63. The molecular weight excluding hydrogens is 224 g/mol. The molecule has 0 atom stereocenters.